The minimum atomic E-state index is -0.528. The third-order valence-electron chi connectivity index (χ3n) is 6.90. The van der Waals surface area contributed by atoms with E-state index in [9.17, 15) is 9.59 Å². The number of hydrogen-bond donors (Lipinski definition) is 1. The van der Waals surface area contributed by atoms with Crippen molar-refractivity contribution in [2.75, 3.05) is 7.11 Å². The van der Waals surface area contributed by atoms with Crippen LogP contribution in [-0.4, -0.2) is 35.9 Å². The van der Waals surface area contributed by atoms with Crippen molar-refractivity contribution in [3.05, 3.63) is 65.2 Å². The molecule has 1 aliphatic rings. The van der Waals surface area contributed by atoms with Crippen LogP contribution in [-0.2, 0) is 22.6 Å². The van der Waals surface area contributed by atoms with Crippen LogP contribution in [0.2, 0.25) is 0 Å². The summed E-state index contributed by atoms with van der Waals surface area (Å²) in [5.74, 6) is 1.19. The van der Waals surface area contributed by atoms with Gasteiger partial charge in [-0.05, 0) is 60.9 Å². The summed E-state index contributed by atoms with van der Waals surface area (Å²) in [7, 11) is 1.64. The number of rotatable bonds is 10. The molecule has 0 aromatic heterocycles. The molecular weight excluding hydrogens is 424 g/mol. The summed E-state index contributed by atoms with van der Waals surface area (Å²) < 4.78 is 5.26. The van der Waals surface area contributed by atoms with Gasteiger partial charge < -0.3 is 15.0 Å². The Hall–Kier alpha value is -2.82. The van der Waals surface area contributed by atoms with E-state index in [-0.39, 0.29) is 17.9 Å². The topological polar surface area (TPSA) is 58.6 Å². The lowest BCUT2D eigenvalue weighted by Gasteiger charge is -2.31. The number of nitrogens with zero attached hydrogens (tertiary/aromatic N) is 1. The first kappa shape index (κ1) is 25.8. The summed E-state index contributed by atoms with van der Waals surface area (Å²) in [4.78, 5) is 28.2. The van der Waals surface area contributed by atoms with Crippen molar-refractivity contribution in [1.82, 2.24) is 10.2 Å². The van der Waals surface area contributed by atoms with Crippen LogP contribution in [0.15, 0.2) is 48.5 Å². The van der Waals surface area contributed by atoms with Gasteiger partial charge in [0.25, 0.3) is 0 Å². The smallest absolute Gasteiger partial charge is 0.242 e. The van der Waals surface area contributed by atoms with Gasteiger partial charge in [0.1, 0.15) is 11.8 Å². The van der Waals surface area contributed by atoms with Crippen LogP contribution in [0.25, 0.3) is 0 Å². The fourth-order valence-corrected chi connectivity index (χ4v) is 4.54. The maximum atomic E-state index is 13.4. The average Bonchev–Trinajstić information content (AvgIpc) is 2.86. The Morgan fingerprint density at radius 2 is 1.56 bits per heavy atom. The molecule has 1 atom stereocenters. The lowest BCUT2D eigenvalue weighted by atomic mass is 9.95. The van der Waals surface area contributed by atoms with Gasteiger partial charge in [-0.3, -0.25) is 9.59 Å². The molecule has 1 fully saturated rings. The van der Waals surface area contributed by atoms with Gasteiger partial charge in [-0.25, -0.2) is 0 Å². The molecule has 5 heteroatoms. The number of benzene rings is 2. The molecule has 0 radical (unpaired) electrons. The highest BCUT2D eigenvalue weighted by atomic mass is 16.5. The Bertz CT molecular complexity index is 915. The van der Waals surface area contributed by atoms with Crippen LogP contribution in [0.1, 0.15) is 81.9 Å². The van der Waals surface area contributed by atoms with Gasteiger partial charge in [0.05, 0.1) is 7.11 Å². The summed E-state index contributed by atoms with van der Waals surface area (Å²) in [5.41, 5.74) is 3.42. The van der Waals surface area contributed by atoms with Crippen molar-refractivity contribution in [3.63, 3.8) is 0 Å². The molecule has 0 aliphatic heterocycles. The molecule has 5 nitrogen and oxygen atoms in total. The monoisotopic (exact) mass is 464 g/mol. The Morgan fingerprint density at radius 1 is 0.941 bits per heavy atom. The molecule has 0 spiro atoms. The van der Waals surface area contributed by atoms with Crippen LogP contribution in [0.4, 0.5) is 0 Å². The summed E-state index contributed by atoms with van der Waals surface area (Å²) in [6, 6.07) is 15.9. The minimum Gasteiger partial charge on any atom is -0.497 e. The Balaban J connectivity index is 1.69. The molecule has 1 saturated carbocycles. The first-order valence-electron chi connectivity index (χ1n) is 12.7. The number of carbonyl (C=O) groups excluding carboxylic acids is 2. The van der Waals surface area contributed by atoms with Crippen molar-refractivity contribution >= 4 is 11.8 Å². The van der Waals surface area contributed by atoms with E-state index < -0.39 is 6.04 Å². The standard InChI is InChI=1S/C29H40N2O3/c1-21(2)25-15-10-23(11-16-25)14-19-28(32)31(20-24-12-17-27(34-4)18-13-24)22(3)29(33)30-26-8-6-5-7-9-26/h10-13,15-18,21-22,26H,5-9,14,19-20H2,1-4H3,(H,30,33). The molecule has 184 valence electrons. The second kappa shape index (κ2) is 12.6. The quantitative estimate of drug-likeness (QED) is 0.497. The highest BCUT2D eigenvalue weighted by Gasteiger charge is 2.28. The van der Waals surface area contributed by atoms with E-state index in [2.05, 4.69) is 43.4 Å². The number of nitrogens with one attached hydrogen (secondary N) is 1. The summed E-state index contributed by atoms with van der Waals surface area (Å²) in [5, 5.41) is 3.20. The molecule has 34 heavy (non-hydrogen) atoms. The fraction of sp³-hybridized carbons (Fsp3) is 0.517. The first-order chi connectivity index (χ1) is 16.4. The van der Waals surface area contributed by atoms with Gasteiger partial charge in [0, 0.05) is 19.0 Å². The molecule has 2 amide bonds. The molecule has 2 aromatic carbocycles. The lowest BCUT2D eigenvalue weighted by molar-refractivity contribution is -0.141. The van der Waals surface area contributed by atoms with Crippen LogP contribution < -0.4 is 10.1 Å². The molecule has 1 N–H and O–H groups in total. The summed E-state index contributed by atoms with van der Waals surface area (Å²) in [6.07, 6.45) is 6.63. The maximum Gasteiger partial charge on any atom is 0.242 e. The van der Waals surface area contributed by atoms with Crippen molar-refractivity contribution in [2.45, 2.75) is 90.3 Å². The highest BCUT2D eigenvalue weighted by Crippen LogP contribution is 2.20. The van der Waals surface area contributed by atoms with Gasteiger partial charge >= 0.3 is 0 Å². The number of aryl methyl sites for hydroxylation is 1. The molecule has 0 bridgehead atoms. The molecule has 1 aliphatic carbocycles. The van der Waals surface area contributed by atoms with Gasteiger partial charge in [-0.1, -0.05) is 69.5 Å². The summed E-state index contributed by atoms with van der Waals surface area (Å²) >= 11 is 0. The number of carbonyl (C=O) groups is 2. The normalized spacial score (nSPS) is 15.1. The number of methoxy groups -OCH3 is 1. The minimum absolute atomic E-state index is 0.00458. The SMILES string of the molecule is COc1ccc(CN(C(=O)CCc2ccc(C(C)C)cc2)C(C)C(=O)NC2CCCCC2)cc1. The van der Waals surface area contributed by atoms with Crippen molar-refractivity contribution in [2.24, 2.45) is 0 Å². The predicted octanol–water partition coefficient (Wildman–Crippen LogP) is 5.62. The van der Waals surface area contributed by atoms with Gasteiger partial charge in [-0.15, -0.1) is 0 Å². The Labute approximate surface area is 204 Å². The van der Waals surface area contributed by atoms with Crippen LogP contribution in [0.5, 0.6) is 5.75 Å². The van der Waals surface area contributed by atoms with Crippen LogP contribution in [0, 0.1) is 0 Å². The third kappa shape index (κ3) is 7.34. The van der Waals surface area contributed by atoms with Crippen molar-refractivity contribution in [3.8, 4) is 5.75 Å². The average molecular weight is 465 g/mol. The molecule has 2 aromatic rings. The zero-order chi connectivity index (χ0) is 24.5. The van der Waals surface area contributed by atoms with Crippen molar-refractivity contribution in [1.29, 1.82) is 0 Å². The molecule has 0 heterocycles. The van der Waals surface area contributed by atoms with Crippen molar-refractivity contribution < 1.29 is 14.3 Å². The lowest BCUT2D eigenvalue weighted by Crippen LogP contribution is -2.50. The van der Waals surface area contributed by atoms with Crippen LogP contribution in [0.3, 0.4) is 0 Å². The predicted molar refractivity (Wildman–Crippen MR) is 137 cm³/mol. The molecule has 3 rings (SSSR count). The fourth-order valence-electron chi connectivity index (χ4n) is 4.54. The molecule has 1 unspecified atom stereocenters. The third-order valence-corrected chi connectivity index (χ3v) is 6.90. The first-order valence-corrected chi connectivity index (χ1v) is 12.7. The highest BCUT2D eigenvalue weighted by molar-refractivity contribution is 5.87. The Kier molecular flexibility index (Phi) is 9.55. The van der Waals surface area contributed by atoms with E-state index in [1.807, 2.05) is 31.2 Å². The van der Waals surface area contributed by atoms with E-state index >= 15 is 0 Å². The van der Waals surface area contributed by atoms with Gasteiger partial charge in [0.15, 0.2) is 0 Å². The maximum absolute atomic E-state index is 13.4. The second-order valence-electron chi connectivity index (χ2n) is 9.79. The molecular formula is C29H40N2O3. The second-order valence-corrected chi connectivity index (χ2v) is 9.79. The van der Waals surface area contributed by atoms with E-state index in [1.54, 1.807) is 12.0 Å². The zero-order valence-corrected chi connectivity index (χ0v) is 21.2. The van der Waals surface area contributed by atoms with E-state index in [1.165, 1.54) is 12.0 Å². The summed E-state index contributed by atoms with van der Waals surface area (Å²) in [6.45, 7) is 6.59. The number of amides is 2. The van der Waals surface area contributed by atoms with Gasteiger partial charge in [0.2, 0.25) is 11.8 Å². The van der Waals surface area contributed by atoms with E-state index in [4.69, 9.17) is 4.74 Å². The Morgan fingerprint density at radius 3 is 2.15 bits per heavy atom. The molecule has 0 saturated heterocycles. The number of ether oxygens (including phenoxy) is 1. The van der Waals surface area contributed by atoms with Gasteiger partial charge in [-0.2, -0.15) is 0 Å². The van der Waals surface area contributed by atoms with E-state index in [0.29, 0.717) is 25.3 Å². The zero-order valence-electron chi connectivity index (χ0n) is 21.2. The van der Waals surface area contributed by atoms with Crippen LogP contribution >= 0.6 is 0 Å². The largest absolute Gasteiger partial charge is 0.497 e. The van der Waals surface area contributed by atoms with E-state index in [0.717, 1.165) is 42.6 Å². The number of hydrogen-bond acceptors (Lipinski definition) is 3.